The maximum Gasteiger partial charge on any atom is 0.254 e. The van der Waals surface area contributed by atoms with Crippen molar-refractivity contribution in [2.24, 2.45) is 5.16 Å². The van der Waals surface area contributed by atoms with Crippen molar-refractivity contribution in [2.75, 3.05) is 20.2 Å². The molecule has 0 aliphatic carbocycles. The third kappa shape index (κ3) is 5.67. The molecule has 4 rings (SSSR count). The summed E-state index contributed by atoms with van der Waals surface area (Å²) in [5, 5.41) is 17.1. The van der Waals surface area contributed by atoms with Crippen LogP contribution < -0.4 is 5.32 Å². The van der Waals surface area contributed by atoms with E-state index in [4.69, 9.17) is 4.84 Å². The highest BCUT2D eigenvalue weighted by Gasteiger charge is 2.38. The number of hydrogen-bond donors (Lipinski definition) is 2. The lowest BCUT2D eigenvalue weighted by Crippen LogP contribution is -2.46. The number of carbonyl (C=O) groups excluding carboxylic acids is 3. The number of likely N-dealkylation sites (tertiary alicyclic amines) is 1. The minimum absolute atomic E-state index is 0.00836. The summed E-state index contributed by atoms with van der Waals surface area (Å²) in [6, 6.07) is 23.5. The van der Waals surface area contributed by atoms with Gasteiger partial charge in [0.15, 0.2) is 5.78 Å². The maximum atomic E-state index is 13.3. The van der Waals surface area contributed by atoms with Gasteiger partial charge >= 0.3 is 0 Å². The van der Waals surface area contributed by atoms with Gasteiger partial charge in [-0.1, -0.05) is 78.0 Å². The number of aliphatic hydroxyl groups is 1. The first-order valence-corrected chi connectivity index (χ1v) is 11.6. The van der Waals surface area contributed by atoms with E-state index in [9.17, 15) is 19.5 Å². The minimum atomic E-state index is -0.873. The SMILES string of the molecule is CON=C1C[C@@H](C(=O)NCC(O)c2ccccc2)N(C(=O)c2ccc(C(=O)c3ccccc3)cc2)C1. The quantitative estimate of drug-likeness (QED) is 0.377. The van der Waals surface area contributed by atoms with E-state index >= 15 is 0 Å². The van der Waals surface area contributed by atoms with Crippen LogP contribution in [0.1, 0.15) is 44.4 Å². The average molecular weight is 486 g/mol. The van der Waals surface area contributed by atoms with Crippen LogP contribution in [0.5, 0.6) is 0 Å². The topological polar surface area (TPSA) is 108 Å². The summed E-state index contributed by atoms with van der Waals surface area (Å²) >= 11 is 0. The average Bonchev–Trinajstić information content (AvgIpc) is 3.36. The molecule has 0 aromatic heterocycles. The molecule has 0 bridgehead atoms. The van der Waals surface area contributed by atoms with Crippen LogP contribution in [0.15, 0.2) is 90.1 Å². The molecule has 0 radical (unpaired) electrons. The number of nitrogens with one attached hydrogen (secondary N) is 1. The van der Waals surface area contributed by atoms with Crippen molar-refractivity contribution in [2.45, 2.75) is 18.6 Å². The number of hydrogen-bond acceptors (Lipinski definition) is 6. The van der Waals surface area contributed by atoms with E-state index in [0.29, 0.717) is 28.0 Å². The van der Waals surface area contributed by atoms with Crippen LogP contribution in [0.25, 0.3) is 0 Å². The molecule has 1 aliphatic heterocycles. The van der Waals surface area contributed by atoms with Crippen LogP contribution in [-0.2, 0) is 9.63 Å². The van der Waals surface area contributed by atoms with Gasteiger partial charge in [-0.2, -0.15) is 0 Å². The highest BCUT2D eigenvalue weighted by atomic mass is 16.6. The van der Waals surface area contributed by atoms with Crippen molar-refractivity contribution >= 4 is 23.3 Å². The second kappa shape index (κ2) is 11.4. The normalized spacial score (nSPS) is 17.0. The smallest absolute Gasteiger partial charge is 0.254 e. The van der Waals surface area contributed by atoms with Crippen molar-refractivity contribution in [3.8, 4) is 0 Å². The second-order valence-corrected chi connectivity index (χ2v) is 8.44. The molecule has 0 saturated carbocycles. The number of benzene rings is 3. The van der Waals surface area contributed by atoms with Gasteiger partial charge in [-0.05, 0) is 17.7 Å². The molecule has 1 unspecified atom stereocenters. The van der Waals surface area contributed by atoms with E-state index in [1.807, 2.05) is 24.3 Å². The Labute approximate surface area is 209 Å². The van der Waals surface area contributed by atoms with E-state index in [1.165, 1.54) is 12.0 Å². The zero-order chi connectivity index (χ0) is 25.5. The third-order valence-corrected chi connectivity index (χ3v) is 6.03. The number of ketones is 1. The summed E-state index contributed by atoms with van der Waals surface area (Å²) in [5.41, 5.74) is 2.62. The zero-order valence-electron chi connectivity index (χ0n) is 19.8. The highest BCUT2D eigenvalue weighted by Crippen LogP contribution is 2.21. The standard InChI is InChI=1S/C28H27N3O5/c1-36-30-23-16-24(27(34)29-17-25(32)19-8-4-2-5-9-19)31(18-23)28(35)22-14-12-21(13-15-22)26(33)20-10-6-3-7-11-20/h2-15,24-25,32H,16-18H2,1H3,(H,29,34)/t24-,25?/m0/s1. The summed E-state index contributed by atoms with van der Waals surface area (Å²) in [6.45, 7) is 0.144. The molecular weight excluding hydrogens is 458 g/mol. The predicted molar refractivity (Wildman–Crippen MR) is 135 cm³/mol. The van der Waals surface area contributed by atoms with Crippen molar-refractivity contribution in [1.29, 1.82) is 0 Å². The molecule has 3 aromatic rings. The number of carbonyl (C=O) groups is 3. The van der Waals surface area contributed by atoms with Crippen LogP contribution in [0.3, 0.4) is 0 Å². The predicted octanol–water partition coefficient (Wildman–Crippen LogP) is 2.98. The van der Waals surface area contributed by atoms with Crippen LogP contribution >= 0.6 is 0 Å². The maximum absolute atomic E-state index is 13.3. The summed E-state index contributed by atoms with van der Waals surface area (Å²) in [6.07, 6.45) is -0.653. The summed E-state index contributed by atoms with van der Waals surface area (Å²) in [4.78, 5) is 45.3. The molecule has 1 heterocycles. The number of oxime groups is 1. The van der Waals surface area contributed by atoms with Crippen LogP contribution in [0.4, 0.5) is 0 Å². The monoisotopic (exact) mass is 485 g/mol. The minimum Gasteiger partial charge on any atom is -0.399 e. The van der Waals surface area contributed by atoms with Crippen LogP contribution in [0, 0.1) is 0 Å². The van der Waals surface area contributed by atoms with Gasteiger partial charge in [-0.15, -0.1) is 0 Å². The Balaban J connectivity index is 1.47. The number of rotatable bonds is 8. The van der Waals surface area contributed by atoms with Crippen molar-refractivity contribution in [3.63, 3.8) is 0 Å². The Kier molecular flexibility index (Phi) is 7.87. The fourth-order valence-corrected chi connectivity index (χ4v) is 4.14. The van der Waals surface area contributed by atoms with Crippen molar-refractivity contribution < 1.29 is 24.3 Å². The molecule has 1 aliphatic rings. The Morgan fingerprint density at radius 3 is 2.17 bits per heavy atom. The van der Waals surface area contributed by atoms with Gasteiger partial charge in [0.05, 0.1) is 18.4 Å². The number of amides is 2. The van der Waals surface area contributed by atoms with Crippen LogP contribution in [-0.4, -0.2) is 59.6 Å². The zero-order valence-corrected chi connectivity index (χ0v) is 19.8. The van der Waals surface area contributed by atoms with Gasteiger partial charge in [0.25, 0.3) is 5.91 Å². The largest absolute Gasteiger partial charge is 0.399 e. The lowest BCUT2D eigenvalue weighted by atomic mass is 10.0. The molecule has 0 spiro atoms. The Morgan fingerprint density at radius 2 is 1.53 bits per heavy atom. The summed E-state index contributed by atoms with van der Waals surface area (Å²) in [7, 11) is 1.41. The van der Waals surface area contributed by atoms with E-state index in [1.54, 1.807) is 60.7 Å². The molecule has 36 heavy (non-hydrogen) atoms. The molecule has 2 amide bonds. The first-order valence-electron chi connectivity index (χ1n) is 11.6. The van der Waals surface area contributed by atoms with Gasteiger partial charge in [-0.3, -0.25) is 14.4 Å². The van der Waals surface area contributed by atoms with Crippen molar-refractivity contribution in [3.05, 3.63) is 107 Å². The lowest BCUT2D eigenvalue weighted by Gasteiger charge is -2.24. The van der Waals surface area contributed by atoms with E-state index in [0.717, 1.165) is 0 Å². The van der Waals surface area contributed by atoms with Crippen LogP contribution in [0.2, 0.25) is 0 Å². The molecule has 2 atom stereocenters. The van der Waals surface area contributed by atoms with Gasteiger partial charge in [0.1, 0.15) is 13.2 Å². The van der Waals surface area contributed by atoms with Gasteiger partial charge in [-0.25, -0.2) is 0 Å². The fourth-order valence-electron chi connectivity index (χ4n) is 4.14. The van der Waals surface area contributed by atoms with Gasteiger partial charge in [0, 0.05) is 29.7 Å². The van der Waals surface area contributed by atoms with E-state index in [-0.39, 0.29) is 31.2 Å². The Hall–Kier alpha value is -4.30. The first kappa shape index (κ1) is 24.8. The van der Waals surface area contributed by atoms with E-state index in [2.05, 4.69) is 10.5 Å². The molecule has 2 N–H and O–H groups in total. The Morgan fingerprint density at radius 1 is 0.944 bits per heavy atom. The molecule has 8 nitrogen and oxygen atoms in total. The number of aliphatic hydroxyl groups excluding tert-OH is 1. The first-order chi connectivity index (χ1) is 17.5. The third-order valence-electron chi connectivity index (χ3n) is 6.03. The lowest BCUT2D eigenvalue weighted by molar-refractivity contribution is -0.125. The molecular formula is C28H27N3O5. The summed E-state index contributed by atoms with van der Waals surface area (Å²) < 4.78 is 0. The Bertz CT molecular complexity index is 1240. The molecule has 1 saturated heterocycles. The highest BCUT2D eigenvalue weighted by molar-refractivity contribution is 6.10. The fraction of sp³-hybridized carbons (Fsp3) is 0.214. The molecule has 3 aromatic carbocycles. The van der Waals surface area contributed by atoms with Gasteiger partial charge in [0.2, 0.25) is 5.91 Å². The van der Waals surface area contributed by atoms with Crippen molar-refractivity contribution in [1.82, 2.24) is 10.2 Å². The summed E-state index contributed by atoms with van der Waals surface area (Å²) in [5.74, 6) is -0.895. The van der Waals surface area contributed by atoms with E-state index < -0.39 is 18.1 Å². The molecule has 8 heteroatoms. The molecule has 184 valence electrons. The second-order valence-electron chi connectivity index (χ2n) is 8.44. The van der Waals surface area contributed by atoms with Gasteiger partial charge < -0.3 is 20.2 Å². The molecule has 1 fully saturated rings. The number of nitrogens with zero attached hydrogens (tertiary/aromatic N) is 2.